The molecule has 1 heterocycles. The van der Waals surface area contributed by atoms with E-state index >= 15 is 0 Å². The molecule has 1 aliphatic heterocycles. The molecule has 0 aromatic heterocycles. The van der Waals surface area contributed by atoms with Crippen molar-refractivity contribution < 1.29 is 4.79 Å². The number of amides is 1. The van der Waals surface area contributed by atoms with Crippen LogP contribution in [0.1, 0.15) is 29.0 Å². The number of carbonyl (C=O) groups is 1. The summed E-state index contributed by atoms with van der Waals surface area (Å²) in [5, 5.41) is 13.9. The summed E-state index contributed by atoms with van der Waals surface area (Å²) in [6, 6.07) is 17.9. The van der Waals surface area contributed by atoms with Crippen molar-refractivity contribution in [3.05, 3.63) is 80.8 Å². The van der Waals surface area contributed by atoms with Crippen molar-refractivity contribution >= 4 is 29.3 Å². The SMILES string of the molecule is Cc1ccc([C@@H]2CC(=O)NC(SCc3ccccc3Cl)=C2C#N)cc1. The number of nitrogens with zero attached hydrogens (tertiary/aromatic N) is 1. The number of allylic oxidation sites excluding steroid dienone is 1. The number of carbonyl (C=O) groups excluding carboxylic acids is 1. The molecule has 0 saturated heterocycles. The lowest BCUT2D eigenvalue weighted by molar-refractivity contribution is -0.120. The largest absolute Gasteiger partial charge is 0.320 e. The Morgan fingerprint density at radius 3 is 2.64 bits per heavy atom. The van der Waals surface area contributed by atoms with E-state index in [1.54, 1.807) is 0 Å². The van der Waals surface area contributed by atoms with Gasteiger partial charge in [-0.05, 0) is 24.1 Å². The van der Waals surface area contributed by atoms with Gasteiger partial charge in [0.2, 0.25) is 5.91 Å². The molecular weight excluding hydrogens is 352 g/mol. The van der Waals surface area contributed by atoms with Crippen LogP contribution in [-0.4, -0.2) is 5.91 Å². The first-order valence-corrected chi connectivity index (χ1v) is 9.31. The maximum Gasteiger partial charge on any atom is 0.225 e. The molecule has 1 amide bonds. The van der Waals surface area contributed by atoms with E-state index in [0.717, 1.165) is 16.7 Å². The van der Waals surface area contributed by atoms with Crippen LogP contribution in [0.4, 0.5) is 0 Å². The molecule has 0 saturated carbocycles. The molecule has 0 bridgehead atoms. The summed E-state index contributed by atoms with van der Waals surface area (Å²) in [5.74, 6) is 0.334. The van der Waals surface area contributed by atoms with Gasteiger partial charge in [0.15, 0.2) is 0 Å². The third-order valence-electron chi connectivity index (χ3n) is 4.17. The van der Waals surface area contributed by atoms with Gasteiger partial charge in [0.25, 0.3) is 0 Å². The maximum atomic E-state index is 12.2. The molecular formula is C20H17ClN2OS. The zero-order chi connectivity index (χ0) is 17.8. The number of benzene rings is 2. The fraction of sp³-hybridized carbons (Fsp3) is 0.200. The quantitative estimate of drug-likeness (QED) is 0.833. The van der Waals surface area contributed by atoms with Crippen molar-refractivity contribution in [1.82, 2.24) is 5.32 Å². The fourth-order valence-electron chi connectivity index (χ4n) is 2.78. The van der Waals surface area contributed by atoms with Gasteiger partial charge in [-0.1, -0.05) is 59.6 Å². The molecule has 3 rings (SSSR count). The summed E-state index contributed by atoms with van der Waals surface area (Å²) in [4.78, 5) is 12.2. The van der Waals surface area contributed by atoms with Crippen LogP contribution in [0.3, 0.4) is 0 Å². The zero-order valence-electron chi connectivity index (χ0n) is 13.8. The summed E-state index contributed by atoms with van der Waals surface area (Å²) in [5.41, 5.74) is 3.74. The highest BCUT2D eigenvalue weighted by molar-refractivity contribution is 8.02. The van der Waals surface area contributed by atoms with Gasteiger partial charge in [0.05, 0.1) is 16.7 Å². The van der Waals surface area contributed by atoms with E-state index in [1.807, 2.05) is 55.5 Å². The molecule has 1 atom stereocenters. The Kier molecular flexibility index (Phi) is 5.47. The molecule has 2 aromatic carbocycles. The van der Waals surface area contributed by atoms with Crippen molar-refractivity contribution in [3.8, 4) is 6.07 Å². The van der Waals surface area contributed by atoms with Gasteiger partial charge >= 0.3 is 0 Å². The predicted molar refractivity (Wildman–Crippen MR) is 102 cm³/mol. The monoisotopic (exact) mass is 368 g/mol. The number of hydrogen-bond acceptors (Lipinski definition) is 3. The van der Waals surface area contributed by atoms with Gasteiger partial charge in [-0.25, -0.2) is 0 Å². The molecule has 25 heavy (non-hydrogen) atoms. The van der Waals surface area contributed by atoms with Gasteiger partial charge < -0.3 is 5.32 Å². The lowest BCUT2D eigenvalue weighted by Gasteiger charge is -2.25. The number of nitriles is 1. The lowest BCUT2D eigenvalue weighted by Crippen LogP contribution is -2.30. The Morgan fingerprint density at radius 2 is 1.96 bits per heavy atom. The first-order chi connectivity index (χ1) is 12.1. The molecule has 0 fully saturated rings. The van der Waals surface area contributed by atoms with E-state index in [0.29, 0.717) is 27.8 Å². The Morgan fingerprint density at radius 1 is 1.24 bits per heavy atom. The van der Waals surface area contributed by atoms with Crippen LogP contribution >= 0.6 is 23.4 Å². The third-order valence-corrected chi connectivity index (χ3v) is 5.60. The first-order valence-electron chi connectivity index (χ1n) is 7.95. The van der Waals surface area contributed by atoms with Crippen LogP contribution in [0.2, 0.25) is 5.02 Å². The van der Waals surface area contributed by atoms with Crippen LogP contribution in [0, 0.1) is 18.3 Å². The third kappa shape index (κ3) is 4.07. The summed E-state index contributed by atoms with van der Waals surface area (Å²) in [7, 11) is 0. The van der Waals surface area contributed by atoms with Gasteiger partial charge in [-0.15, -0.1) is 11.8 Å². The average molecular weight is 369 g/mol. The number of thioether (sulfide) groups is 1. The number of aryl methyl sites for hydroxylation is 1. The minimum absolute atomic E-state index is 0.0637. The normalized spacial score (nSPS) is 17.2. The van der Waals surface area contributed by atoms with E-state index < -0.39 is 0 Å². The molecule has 2 aromatic rings. The van der Waals surface area contributed by atoms with Gasteiger partial charge in [0.1, 0.15) is 0 Å². The van der Waals surface area contributed by atoms with Crippen LogP contribution in [0.15, 0.2) is 59.1 Å². The molecule has 1 aliphatic rings. The first kappa shape index (κ1) is 17.6. The number of rotatable bonds is 4. The van der Waals surface area contributed by atoms with Crippen molar-refractivity contribution in [2.45, 2.75) is 25.0 Å². The molecule has 5 heteroatoms. The number of halogens is 1. The average Bonchev–Trinajstić information content (AvgIpc) is 2.61. The molecule has 126 valence electrons. The van der Waals surface area contributed by atoms with Crippen molar-refractivity contribution in [3.63, 3.8) is 0 Å². The summed E-state index contributed by atoms with van der Waals surface area (Å²) in [6.45, 7) is 2.02. The maximum absolute atomic E-state index is 12.2. The van der Waals surface area contributed by atoms with Crippen LogP contribution in [0.5, 0.6) is 0 Å². The van der Waals surface area contributed by atoms with E-state index in [-0.39, 0.29) is 11.8 Å². The molecule has 0 radical (unpaired) electrons. The Bertz CT molecular complexity index is 868. The predicted octanol–water partition coefficient (Wildman–Crippen LogP) is 4.92. The van der Waals surface area contributed by atoms with Crippen LogP contribution in [-0.2, 0) is 10.5 Å². The van der Waals surface area contributed by atoms with Crippen molar-refractivity contribution in [1.29, 1.82) is 5.26 Å². The van der Waals surface area contributed by atoms with Gasteiger partial charge in [-0.2, -0.15) is 5.26 Å². The Balaban J connectivity index is 1.89. The van der Waals surface area contributed by atoms with E-state index in [9.17, 15) is 10.1 Å². The van der Waals surface area contributed by atoms with Crippen molar-refractivity contribution in [2.24, 2.45) is 0 Å². The smallest absolute Gasteiger partial charge is 0.225 e. The lowest BCUT2D eigenvalue weighted by atomic mass is 9.87. The summed E-state index contributed by atoms with van der Waals surface area (Å²) < 4.78 is 0. The minimum Gasteiger partial charge on any atom is -0.320 e. The highest BCUT2D eigenvalue weighted by Gasteiger charge is 2.29. The van der Waals surface area contributed by atoms with Crippen LogP contribution < -0.4 is 5.32 Å². The number of nitrogens with one attached hydrogen (secondary N) is 1. The Labute approximate surface area is 156 Å². The van der Waals surface area contributed by atoms with Crippen molar-refractivity contribution in [2.75, 3.05) is 0 Å². The molecule has 3 nitrogen and oxygen atoms in total. The topological polar surface area (TPSA) is 52.9 Å². The highest BCUT2D eigenvalue weighted by Crippen LogP contribution is 2.37. The highest BCUT2D eigenvalue weighted by atomic mass is 35.5. The summed E-state index contributed by atoms with van der Waals surface area (Å²) >= 11 is 7.64. The fourth-order valence-corrected chi connectivity index (χ4v) is 4.14. The second-order valence-corrected chi connectivity index (χ2v) is 7.34. The van der Waals surface area contributed by atoms with E-state index in [1.165, 1.54) is 11.8 Å². The van der Waals surface area contributed by atoms with E-state index in [4.69, 9.17) is 11.6 Å². The van der Waals surface area contributed by atoms with Gasteiger partial charge in [0, 0.05) is 23.1 Å². The molecule has 0 aliphatic carbocycles. The summed E-state index contributed by atoms with van der Waals surface area (Å²) in [6.07, 6.45) is 0.294. The van der Waals surface area contributed by atoms with E-state index in [2.05, 4.69) is 11.4 Å². The second-order valence-electron chi connectivity index (χ2n) is 5.95. The van der Waals surface area contributed by atoms with Gasteiger partial charge in [-0.3, -0.25) is 4.79 Å². The Hall–Kier alpha value is -2.22. The second kappa shape index (κ2) is 7.77. The van der Waals surface area contributed by atoms with Crippen LogP contribution in [0.25, 0.3) is 0 Å². The standard InChI is InChI=1S/C20H17ClN2OS/c1-13-6-8-14(9-7-13)16-10-19(24)23-20(17(16)11-22)25-12-15-4-2-3-5-18(15)21/h2-9,16H,10,12H2,1H3,(H,23,24)/t16-/m0/s1. The number of hydrogen-bond donors (Lipinski definition) is 1. The molecule has 1 N–H and O–H groups in total. The molecule has 0 unspecified atom stereocenters. The molecule has 0 spiro atoms. The zero-order valence-corrected chi connectivity index (χ0v) is 15.3. The minimum atomic E-state index is -0.201.